The van der Waals surface area contributed by atoms with E-state index in [4.69, 9.17) is 9.47 Å². The molecule has 1 aliphatic heterocycles. The van der Waals surface area contributed by atoms with Crippen molar-refractivity contribution in [3.05, 3.63) is 23.8 Å². The number of nitrogens with zero attached hydrogens (tertiary/aromatic N) is 1. The van der Waals surface area contributed by atoms with E-state index in [2.05, 4.69) is 4.74 Å². The van der Waals surface area contributed by atoms with E-state index in [1.54, 1.807) is 18.2 Å². The van der Waals surface area contributed by atoms with Crippen molar-refractivity contribution in [3.63, 3.8) is 0 Å². The molecule has 6 nitrogen and oxygen atoms in total. The fourth-order valence-corrected chi connectivity index (χ4v) is 2.90. The summed E-state index contributed by atoms with van der Waals surface area (Å²) in [7, 11) is 1.14. The quantitative estimate of drug-likeness (QED) is 0.485. The molecule has 0 saturated carbocycles. The van der Waals surface area contributed by atoms with Crippen LogP contribution >= 0.6 is 0 Å². The zero-order valence-electron chi connectivity index (χ0n) is 16.3. The molecule has 1 aromatic rings. The Balaban J connectivity index is 2.19. The first-order valence-corrected chi connectivity index (χ1v) is 9.41. The molecule has 27 heavy (non-hydrogen) atoms. The van der Waals surface area contributed by atoms with Crippen LogP contribution in [-0.4, -0.2) is 55.9 Å². The van der Waals surface area contributed by atoms with Crippen LogP contribution in [0.4, 0.5) is 4.39 Å². The molecule has 0 bridgehead atoms. The molecule has 0 spiro atoms. The van der Waals surface area contributed by atoms with Crippen molar-refractivity contribution in [1.82, 2.24) is 4.90 Å². The number of alkyl halides is 1. The topological polar surface area (TPSA) is 65.1 Å². The summed E-state index contributed by atoms with van der Waals surface area (Å²) in [5.74, 6) is -0.278. The number of halogens is 1. The number of amides is 1. The minimum atomic E-state index is -2.15. The number of methoxy groups -OCH3 is 1. The fraction of sp³-hybridized carbons (Fsp3) is 0.600. The molecule has 1 saturated heterocycles. The Morgan fingerprint density at radius 3 is 2.63 bits per heavy atom. The fourth-order valence-electron chi connectivity index (χ4n) is 2.90. The van der Waals surface area contributed by atoms with Gasteiger partial charge in [0.1, 0.15) is 11.5 Å². The standard InChI is InChI=1S/C20H28FNO5/c1-4-6-12-27-17-13-15(26-11-5-2)7-8-16(17)18(23)22-10-9-20(21,14-22)19(24)25-3/h7-8,13H,4-6,9-12,14H2,1-3H3/t20-/m0/s1. The second kappa shape index (κ2) is 9.58. The van der Waals surface area contributed by atoms with Crippen molar-refractivity contribution in [1.29, 1.82) is 0 Å². The number of rotatable bonds is 9. The first-order valence-electron chi connectivity index (χ1n) is 9.41. The lowest BCUT2D eigenvalue weighted by atomic mass is 10.1. The van der Waals surface area contributed by atoms with E-state index in [0.29, 0.717) is 30.3 Å². The second-order valence-electron chi connectivity index (χ2n) is 6.64. The molecule has 1 aliphatic rings. The van der Waals surface area contributed by atoms with E-state index in [0.717, 1.165) is 26.4 Å². The summed E-state index contributed by atoms with van der Waals surface area (Å²) in [6.45, 7) is 4.93. The molecule has 2 rings (SSSR count). The SMILES string of the molecule is CCCCOc1cc(OCCC)ccc1C(=O)N1CC[C@@](F)(C(=O)OC)C1. The van der Waals surface area contributed by atoms with Crippen LogP contribution in [0.5, 0.6) is 11.5 Å². The molecule has 1 amide bonds. The minimum Gasteiger partial charge on any atom is -0.493 e. The van der Waals surface area contributed by atoms with Gasteiger partial charge in [-0.1, -0.05) is 20.3 Å². The lowest BCUT2D eigenvalue weighted by molar-refractivity contribution is -0.153. The van der Waals surface area contributed by atoms with Crippen LogP contribution in [0.15, 0.2) is 18.2 Å². The number of esters is 1. The van der Waals surface area contributed by atoms with Gasteiger partial charge in [-0.05, 0) is 25.0 Å². The molecular formula is C20H28FNO5. The van der Waals surface area contributed by atoms with E-state index >= 15 is 0 Å². The Hall–Kier alpha value is -2.31. The van der Waals surface area contributed by atoms with Crippen LogP contribution in [0.2, 0.25) is 0 Å². The maximum Gasteiger partial charge on any atom is 0.345 e. The Morgan fingerprint density at radius 1 is 1.19 bits per heavy atom. The van der Waals surface area contributed by atoms with E-state index in [1.165, 1.54) is 4.90 Å². The molecule has 0 N–H and O–H groups in total. The van der Waals surface area contributed by atoms with Gasteiger partial charge in [0.25, 0.3) is 5.91 Å². The highest BCUT2D eigenvalue weighted by Gasteiger charge is 2.48. The summed E-state index contributed by atoms with van der Waals surface area (Å²) in [5, 5.41) is 0. The van der Waals surface area contributed by atoms with Crippen molar-refractivity contribution < 1.29 is 28.2 Å². The van der Waals surface area contributed by atoms with Crippen LogP contribution in [0, 0.1) is 0 Å². The van der Waals surface area contributed by atoms with Crippen molar-refractivity contribution in [2.45, 2.75) is 45.2 Å². The maximum absolute atomic E-state index is 14.7. The number of carbonyl (C=O) groups excluding carboxylic acids is 2. The first kappa shape index (κ1) is 21.0. The van der Waals surface area contributed by atoms with E-state index in [1.807, 2.05) is 13.8 Å². The van der Waals surface area contributed by atoms with Crippen LogP contribution in [0.1, 0.15) is 49.9 Å². The third-order valence-corrected chi connectivity index (χ3v) is 4.47. The number of hydrogen-bond donors (Lipinski definition) is 0. The summed E-state index contributed by atoms with van der Waals surface area (Å²) >= 11 is 0. The molecule has 150 valence electrons. The Bertz CT molecular complexity index is 666. The highest BCUT2D eigenvalue weighted by Crippen LogP contribution is 2.31. The molecule has 1 fully saturated rings. The summed E-state index contributed by atoms with van der Waals surface area (Å²) < 4.78 is 30.6. The third kappa shape index (κ3) is 5.11. The molecule has 0 unspecified atom stereocenters. The van der Waals surface area contributed by atoms with E-state index in [9.17, 15) is 14.0 Å². The Morgan fingerprint density at radius 2 is 1.96 bits per heavy atom. The van der Waals surface area contributed by atoms with Crippen LogP contribution in [0.3, 0.4) is 0 Å². The first-order chi connectivity index (χ1) is 12.9. The normalized spacial score (nSPS) is 19.0. The summed E-state index contributed by atoms with van der Waals surface area (Å²) in [6, 6.07) is 5.03. The number of ether oxygens (including phenoxy) is 3. The number of benzene rings is 1. The second-order valence-corrected chi connectivity index (χ2v) is 6.64. The minimum absolute atomic E-state index is 0.0743. The van der Waals surface area contributed by atoms with Crippen molar-refractivity contribution >= 4 is 11.9 Å². The van der Waals surface area contributed by atoms with Gasteiger partial charge in [-0.15, -0.1) is 0 Å². The predicted molar refractivity (Wildman–Crippen MR) is 99.0 cm³/mol. The number of carbonyl (C=O) groups is 2. The van der Waals surface area contributed by atoms with Crippen molar-refractivity contribution in [2.24, 2.45) is 0 Å². The van der Waals surface area contributed by atoms with Crippen LogP contribution in [0.25, 0.3) is 0 Å². The lowest BCUT2D eigenvalue weighted by Gasteiger charge is -2.20. The molecule has 0 aliphatic carbocycles. The highest BCUT2D eigenvalue weighted by atomic mass is 19.1. The summed E-state index contributed by atoms with van der Waals surface area (Å²) in [5.41, 5.74) is -1.82. The zero-order valence-corrected chi connectivity index (χ0v) is 16.3. The smallest absolute Gasteiger partial charge is 0.345 e. The van der Waals surface area contributed by atoms with Gasteiger partial charge in [-0.2, -0.15) is 0 Å². The molecule has 0 aromatic heterocycles. The van der Waals surface area contributed by atoms with E-state index < -0.39 is 11.6 Å². The average molecular weight is 381 g/mol. The largest absolute Gasteiger partial charge is 0.493 e. The number of hydrogen-bond acceptors (Lipinski definition) is 5. The Kier molecular flexibility index (Phi) is 7.45. The maximum atomic E-state index is 14.7. The lowest BCUT2D eigenvalue weighted by Crippen LogP contribution is -2.39. The van der Waals surface area contributed by atoms with Gasteiger partial charge in [0.2, 0.25) is 5.67 Å². The van der Waals surface area contributed by atoms with Gasteiger partial charge >= 0.3 is 5.97 Å². The van der Waals surface area contributed by atoms with Gasteiger partial charge < -0.3 is 19.1 Å². The van der Waals surface area contributed by atoms with Gasteiger partial charge in [-0.25, -0.2) is 9.18 Å². The van der Waals surface area contributed by atoms with Crippen LogP contribution in [-0.2, 0) is 9.53 Å². The molecule has 1 heterocycles. The average Bonchev–Trinajstić information content (AvgIpc) is 3.09. The predicted octanol–water partition coefficient (Wildman–Crippen LogP) is 3.38. The number of unbranched alkanes of at least 4 members (excludes halogenated alkanes) is 1. The molecule has 7 heteroatoms. The zero-order chi connectivity index (χ0) is 19.9. The summed E-state index contributed by atoms with van der Waals surface area (Å²) in [4.78, 5) is 25.9. The van der Waals surface area contributed by atoms with Crippen LogP contribution < -0.4 is 9.47 Å². The Labute approximate surface area is 159 Å². The molecule has 1 aromatic carbocycles. The monoisotopic (exact) mass is 381 g/mol. The third-order valence-electron chi connectivity index (χ3n) is 4.47. The van der Waals surface area contributed by atoms with Gasteiger partial charge in [0.05, 0.1) is 32.4 Å². The van der Waals surface area contributed by atoms with E-state index in [-0.39, 0.29) is 25.4 Å². The van der Waals surface area contributed by atoms with Crippen molar-refractivity contribution in [2.75, 3.05) is 33.4 Å². The molecular weight excluding hydrogens is 353 g/mol. The summed E-state index contributed by atoms with van der Waals surface area (Å²) in [6.07, 6.45) is 2.61. The highest BCUT2D eigenvalue weighted by molar-refractivity contribution is 5.98. The van der Waals surface area contributed by atoms with Gasteiger partial charge in [0.15, 0.2) is 0 Å². The number of likely N-dealkylation sites (tertiary alicyclic amines) is 1. The molecule has 0 radical (unpaired) electrons. The van der Waals surface area contributed by atoms with Gasteiger partial charge in [-0.3, -0.25) is 4.79 Å². The molecule has 1 atom stereocenters. The van der Waals surface area contributed by atoms with Gasteiger partial charge in [0, 0.05) is 19.0 Å². The van der Waals surface area contributed by atoms with Crippen molar-refractivity contribution in [3.8, 4) is 11.5 Å².